The lowest BCUT2D eigenvalue weighted by Crippen LogP contribution is -2.30. The van der Waals surface area contributed by atoms with Crippen LogP contribution in [0.15, 0.2) is 53.4 Å². The van der Waals surface area contributed by atoms with Crippen molar-refractivity contribution in [2.45, 2.75) is 71.1 Å². The summed E-state index contributed by atoms with van der Waals surface area (Å²) in [5.74, 6) is -2.44. The van der Waals surface area contributed by atoms with Gasteiger partial charge in [-0.1, -0.05) is 43.3 Å². The lowest BCUT2D eigenvalue weighted by Gasteiger charge is -2.43. The number of benzene rings is 3. The number of fused-ring (bicyclic) bond motifs is 2. The number of aromatic nitrogens is 3. The molecule has 0 saturated carbocycles. The standard InChI is InChI=1S/C32H37F3N4O4S/c1-6-39-27-11-10-26(20(4)30(27)36-37-39)29(21(5)31(40)41)22-8-7-19(3)24(14-22)17-38-16-18(2)13-23-15-25(32(33,34)35)9-12-28(23)44(38,42)43/h7-12,14-15,18,21,29,42-43H,6,13,16-17H2,1-5H3,(H,40,41)/t18?,21-,29+/m1/s1. The van der Waals surface area contributed by atoms with Gasteiger partial charge < -0.3 is 5.11 Å². The number of hydrogen-bond acceptors (Lipinski definition) is 6. The quantitative estimate of drug-likeness (QED) is 0.192. The molecule has 0 fully saturated rings. The molecule has 0 bridgehead atoms. The Morgan fingerprint density at radius 3 is 2.50 bits per heavy atom. The van der Waals surface area contributed by atoms with Gasteiger partial charge >= 0.3 is 12.1 Å². The first kappa shape index (κ1) is 32.0. The molecule has 2 heterocycles. The molecule has 5 rings (SSSR count). The monoisotopic (exact) mass is 630 g/mol. The Bertz CT molecular complexity index is 1720. The van der Waals surface area contributed by atoms with E-state index in [4.69, 9.17) is 0 Å². The molecule has 0 radical (unpaired) electrons. The number of hydrogen-bond donors (Lipinski definition) is 3. The number of rotatable bonds is 7. The molecule has 3 atom stereocenters. The lowest BCUT2D eigenvalue weighted by molar-refractivity contribution is -0.141. The second kappa shape index (κ2) is 11.8. The average molecular weight is 631 g/mol. The summed E-state index contributed by atoms with van der Waals surface area (Å²) >= 11 is 0. The van der Waals surface area contributed by atoms with Gasteiger partial charge in [-0.05, 0) is 90.8 Å². The second-order valence-electron chi connectivity index (χ2n) is 11.8. The second-order valence-corrected chi connectivity index (χ2v) is 13.8. The highest BCUT2D eigenvalue weighted by Gasteiger charge is 2.37. The number of nitrogens with zero attached hydrogens (tertiary/aromatic N) is 4. The fourth-order valence-corrected chi connectivity index (χ4v) is 8.05. The van der Waals surface area contributed by atoms with Gasteiger partial charge in [0.15, 0.2) is 0 Å². The zero-order valence-electron chi connectivity index (χ0n) is 25.3. The van der Waals surface area contributed by atoms with E-state index in [1.54, 1.807) is 15.9 Å². The fraction of sp³-hybridized carbons (Fsp3) is 0.406. The highest BCUT2D eigenvalue weighted by atomic mass is 32.3. The minimum atomic E-state index is -4.54. The van der Waals surface area contributed by atoms with Crippen LogP contribution in [0.25, 0.3) is 11.0 Å². The Morgan fingerprint density at radius 2 is 1.84 bits per heavy atom. The van der Waals surface area contributed by atoms with Gasteiger partial charge in [-0.3, -0.25) is 13.9 Å². The largest absolute Gasteiger partial charge is 0.481 e. The number of aliphatic carboxylic acids is 1. The summed E-state index contributed by atoms with van der Waals surface area (Å²) in [7, 11) is -3.62. The Balaban J connectivity index is 1.56. The molecule has 236 valence electrons. The maximum Gasteiger partial charge on any atom is 0.416 e. The van der Waals surface area contributed by atoms with Crippen molar-refractivity contribution >= 4 is 27.8 Å². The van der Waals surface area contributed by atoms with E-state index >= 15 is 0 Å². The Morgan fingerprint density at radius 1 is 1.11 bits per heavy atom. The summed E-state index contributed by atoms with van der Waals surface area (Å²) in [5, 5.41) is 18.7. The molecular formula is C32H37F3N4O4S. The molecular weight excluding hydrogens is 593 g/mol. The predicted molar refractivity (Wildman–Crippen MR) is 164 cm³/mol. The molecule has 4 aromatic rings. The molecule has 3 aromatic carbocycles. The highest BCUT2D eigenvalue weighted by Crippen LogP contribution is 2.56. The molecule has 3 N–H and O–H groups in total. The first-order valence-corrected chi connectivity index (χ1v) is 16.0. The molecule has 8 nitrogen and oxygen atoms in total. The average Bonchev–Trinajstić information content (AvgIpc) is 3.35. The van der Waals surface area contributed by atoms with Gasteiger partial charge in [0.1, 0.15) is 5.52 Å². The summed E-state index contributed by atoms with van der Waals surface area (Å²) < 4.78 is 66.6. The van der Waals surface area contributed by atoms with Crippen molar-refractivity contribution in [2.75, 3.05) is 6.54 Å². The van der Waals surface area contributed by atoms with Gasteiger partial charge in [0.05, 0.1) is 21.9 Å². The Hall–Kier alpha value is -3.45. The first-order valence-electron chi connectivity index (χ1n) is 14.5. The third-order valence-corrected chi connectivity index (χ3v) is 10.7. The van der Waals surface area contributed by atoms with Crippen LogP contribution < -0.4 is 0 Å². The third kappa shape index (κ3) is 5.83. The van der Waals surface area contributed by atoms with Crippen molar-refractivity contribution in [3.63, 3.8) is 0 Å². The third-order valence-electron chi connectivity index (χ3n) is 8.71. The maximum absolute atomic E-state index is 13.4. The van der Waals surface area contributed by atoms with E-state index in [2.05, 4.69) is 10.3 Å². The minimum absolute atomic E-state index is 0.102. The van der Waals surface area contributed by atoms with Gasteiger partial charge in [0.2, 0.25) is 0 Å². The smallest absolute Gasteiger partial charge is 0.416 e. The van der Waals surface area contributed by atoms with Crippen LogP contribution in [0.1, 0.15) is 65.6 Å². The van der Waals surface area contributed by atoms with Gasteiger partial charge in [0.25, 0.3) is 0 Å². The molecule has 0 saturated heterocycles. The summed E-state index contributed by atoms with van der Waals surface area (Å²) in [4.78, 5) is 12.5. The Labute approximate surface area is 256 Å². The molecule has 1 aliphatic heterocycles. The predicted octanol–water partition coefficient (Wildman–Crippen LogP) is 7.66. The van der Waals surface area contributed by atoms with E-state index < -0.39 is 40.3 Å². The van der Waals surface area contributed by atoms with Crippen molar-refractivity contribution < 1.29 is 32.2 Å². The number of aryl methyl sites for hydroxylation is 3. The summed E-state index contributed by atoms with van der Waals surface area (Å²) in [5.41, 5.74) is 5.07. The zero-order chi connectivity index (χ0) is 32.1. The van der Waals surface area contributed by atoms with E-state index in [0.29, 0.717) is 12.1 Å². The van der Waals surface area contributed by atoms with Crippen molar-refractivity contribution in [2.24, 2.45) is 11.8 Å². The number of carboxylic acids is 1. The normalized spacial score (nSPS) is 19.3. The van der Waals surface area contributed by atoms with Crippen LogP contribution in [0.3, 0.4) is 0 Å². The van der Waals surface area contributed by atoms with Crippen LogP contribution in [0.5, 0.6) is 0 Å². The van der Waals surface area contributed by atoms with E-state index in [9.17, 15) is 32.2 Å². The summed E-state index contributed by atoms with van der Waals surface area (Å²) in [6.45, 7) is 10.3. The van der Waals surface area contributed by atoms with Gasteiger partial charge in [-0.2, -0.15) is 17.5 Å². The van der Waals surface area contributed by atoms with Gasteiger partial charge in [-0.25, -0.2) is 4.68 Å². The zero-order valence-corrected chi connectivity index (χ0v) is 26.1. The lowest BCUT2D eigenvalue weighted by atomic mass is 9.79. The van der Waals surface area contributed by atoms with Crippen molar-refractivity contribution in [1.29, 1.82) is 0 Å². The van der Waals surface area contributed by atoms with Crippen LogP contribution in [-0.2, 0) is 30.5 Å². The molecule has 1 unspecified atom stereocenters. The van der Waals surface area contributed by atoms with E-state index in [1.807, 2.05) is 58.0 Å². The number of carbonyl (C=O) groups is 1. The fourth-order valence-electron chi connectivity index (χ4n) is 6.25. The van der Waals surface area contributed by atoms with E-state index in [0.717, 1.165) is 45.5 Å². The summed E-state index contributed by atoms with van der Waals surface area (Å²) in [6.07, 6.45) is -4.27. The van der Waals surface area contributed by atoms with Crippen molar-refractivity contribution in [3.05, 3.63) is 87.5 Å². The van der Waals surface area contributed by atoms with Crippen molar-refractivity contribution in [3.8, 4) is 0 Å². The van der Waals surface area contributed by atoms with Crippen LogP contribution in [-0.4, -0.2) is 46.0 Å². The van der Waals surface area contributed by atoms with Gasteiger partial charge in [-0.15, -0.1) is 15.9 Å². The molecule has 0 spiro atoms. The number of carboxylic acid groups (broad SMARTS) is 1. The maximum atomic E-state index is 13.4. The SMILES string of the molecule is CCn1nnc2c(C)c([C@H](c3ccc(C)c(CN4CC(C)Cc5cc(C(F)(F)F)ccc5S4(O)O)c3)[C@@H](C)C(=O)O)ccc21. The number of halogens is 3. The minimum Gasteiger partial charge on any atom is -0.481 e. The first-order chi connectivity index (χ1) is 20.6. The highest BCUT2D eigenvalue weighted by molar-refractivity contribution is 8.22. The topological polar surface area (TPSA) is 112 Å². The Kier molecular flexibility index (Phi) is 8.58. The number of alkyl halides is 3. The van der Waals surface area contributed by atoms with Crippen LogP contribution in [0.4, 0.5) is 13.2 Å². The molecule has 0 aliphatic carbocycles. The molecule has 44 heavy (non-hydrogen) atoms. The van der Waals surface area contributed by atoms with Crippen molar-refractivity contribution in [1.82, 2.24) is 19.3 Å². The molecule has 1 aliphatic rings. The molecule has 1 aromatic heterocycles. The molecule has 12 heteroatoms. The molecule has 0 amide bonds. The van der Waals surface area contributed by atoms with Crippen LogP contribution >= 0.6 is 10.8 Å². The van der Waals surface area contributed by atoms with Crippen LogP contribution in [0, 0.1) is 25.7 Å². The van der Waals surface area contributed by atoms with Crippen LogP contribution in [0.2, 0.25) is 0 Å². The van der Waals surface area contributed by atoms with E-state index in [-0.39, 0.29) is 35.9 Å². The summed E-state index contributed by atoms with van der Waals surface area (Å²) in [6, 6.07) is 12.6. The van der Waals surface area contributed by atoms with Gasteiger partial charge in [0, 0.05) is 25.6 Å². The van der Waals surface area contributed by atoms with E-state index in [1.165, 1.54) is 6.07 Å².